The third-order valence-corrected chi connectivity index (χ3v) is 2.92. The lowest BCUT2D eigenvalue weighted by Gasteiger charge is -2.07. The number of unbranched alkanes of at least 4 members (excludes halogenated alkanes) is 2. The van der Waals surface area contributed by atoms with Crippen LogP contribution >= 0.6 is 0 Å². The van der Waals surface area contributed by atoms with Crippen molar-refractivity contribution in [3.8, 4) is 11.8 Å². The molecule has 0 spiro atoms. The maximum absolute atomic E-state index is 9.00. The highest BCUT2D eigenvalue weighted by molar-refractivity contribution is 5.45. The van der Waals surface area contributed by atoms with Crippen LogP contribution in [-0.2, 0) is 11.3 Å². The molecule has 0 aliphatic heterocycles. The summed E-state index contributed by atoms with van der Waals surface area (Å²) in [5.74, 6) is 0.630. The zero-order valence-corrected chi connectivity index (χ0v) is 11.7. The number of hydrogen-bond acceptors (Lipinski definition) is 4. The Hall–Kier alpha value is -1.57. The highest BCUT2D eigenvalue weighted by Gasteiger charge is 2.03. The van der Waals surface area contributed by atoms with Crippen molar-refractivity contribution in [2.45, 2.75) is 25.8 Å². The summed E-state index contributed by atoms with van der Waals surface area (Å²) >= 11 is 0. The lowest BCUT2D eigenvalue weighted by atomic mass is 10.1. The topological polar surface area (TPSA) is 54.3 Å². The normalized spacial score (nSPS) is 10.2. The van der Waals surface area contributed by atoms with Gasteiger partial charge >= 0.3 is 0 Å². The van der Waals surface area contributed by atoms with E-state index < -0.39 is 0 Å². The molecule has 0 atom stereocenters. The van der Waals surface area contributed by atoms with Crippen LogP contribution in [0.25, 0.3) is 0 Å². The smallest absolute Gasteiger partial charge is 0.136 e. The molecule has 1 aromatic carbocycles. The molecule has 1 aromatic rings. The number of nitrogens with one attached hydrogen (secondary N) is 1. The van der Waals surface area contributed by atoms with Gasteiger partial charge in [0.2, 0.25) is 0 Å². The Morgan fingerprint density at radius 1 is 1.21 bits per heavy atom. The summed E-state index contributed by atoms with van der Waals surface area (Å²) in [7, 11) is 3.31. The molecule has 0 amide bonds. The monoisotopic (exact) mass is 262 g/mol. The van der Waals surface area contributed by atoms with E-state index in [1.54, 1.807) is 14.2 Å². The second kappa shape index (κ2) is 9.37. The number of nitriles is 1. The molecule has 0 saturated carbocycles. The van der Waals surface area contributed by atoms with Gasteiger partial charge in [-0.3, -0.25) is 0 Å². The fraction of sp³-hybridized carbons (Fsp3) is 0.533. The van der Waals surface area contributed by atoms with E-state index in [1.165, 1.54) is 6.42 Å². The van der Waals surface area contributed by atoms with Gasteiger partial charge in [0, 0.05) is 20.3 Å². The molecule has 0 unspecified atom stereocenters. The first-order chi connectivity index (χ1) is 9.31. The molecule has 19 heavy (non-hydrogen) atoms. The molecule has 0 bridgehead atoms. The summed E-state index contributed by atoms with van der Waals surface area (Å²) in [5, 5.41) is 12.4. The first-order valence-electron chi connectivity index (χ1n) is 6.58. The van der Waals surface area contributed by atoms with Crippen LogP contribution in [0.3, 0.4) is 0 Å². The third-order valence-electron chi connectivity index (χ3n) is 2.92. The maximum atomic E-state index is 9.00. The highest BCUT2D eigenvalue weighted by Crippen LogP contribution is 2.18. The van der Waals surface area contributed by atoms with Crippen molar-refractivity contribution in [2.24, 2.45) is 0 Å². The van der Waals surface area contributed by atoms with Crippen molar-refractivity contribution in [3.05, 3.63) is 29.3 Å². The van der Waals surface area contributed by atoms with Gasteiger partial charge in [0.25, 0.3) is 0 Å². The Bertz CT molecular complexity index is 413. The molecule has 0 aliphatic rings. The molecule has 0 saturated heterocycles. The summed E-state index contributed by atoms with van der Waals surface area (Å²) in [5.41, 5.74) is 1.69. The summed E-state index contributed by atoms with van der Waals surface area (Å²) < 4.78 is 10.1. The quantitative estimate of drug-likeness (QED) is 0.695. The summed E-state index contributed by atoms with van der Waals surface area (Å²) in [4.78, 5) is 0. The van der Waals surface area contributed by atoms with Crippen molar-refractivity contribution in [1.29, 1.82) is 5.26 Å². The van der Waals surface area contributed by atoms with Gasteiger partial charge in [0.1, 0.15) is 11.8 Å². The average Bonchev–Trinajstić information content (AvgIpc) is 2.46. The van der Waals surface area contributed by atoms with E-state index >= 15 is 0 Å². The average molecular weight is 262 g/mol. The van der Waals surface area contributed by atoms with Crippen molar-refractivity contribution in [1.82, 2.24) is 5.32 Å². The Labute approximate surface area is 115 Å². The van der Waals surface area contributed by atoms with Gasteiger partial charge < -0.3 is 14.8 Å². The minimum atomic E-state index is 0.585. The molecule has 0 fully saturated rings. The van der Waals surface area contributed by atoms with Gasteiger partial charge in [-0.1, -0.05) is 6.07 Å². The molecule has 1 N–H and O–H groups in total. The molecular weight excluding hydrogens is 240 g/mol. The Balaban J connectivity index is 2.28. The molecule has 0 aromatic heterocycles. The second-order valence-electron chi connectivity index (χ2n) is 4.38. The number of rotatable bonds is 9. The second-order valence-corrected chi connectivity index (χ2v) is 4.38. The molecule has 4 heteroatoms. The molecule has 0 heterocycles. The van der Waals surface area contributed by atoms with Gasteiger partial charge in [-0.25, -0.2) is 0 Å². The largest absolute Gasteiger partial charge is 0.495 e. The zero-order chi connectivity index (χ0) is 13.9. The van der Waals surface area contributed by atoms with Crippen LogP contribution in [0.1, 0.15) is 30.4 Å². The standard InChI is InChI=1S/C15H22N2O2/c1-18-9-5-3-4-8-17-12-13-6-7-15(19-2)14(10-13)11-16/h6-7,10,17H,3-5,8-9,12H2,1-2H3. The molecule has 1 rings (SSSR count). The van der Waals surface area contributed by atoms with Crippen LogP contribution in [0.4, 0.5) is 0 Å². The maximum Gasteiger partial charge on any atom is 0.136 e. The van der Waals surface area contributed by atoms with Gasteiger partial charge in [0.15, 0.2) is 0 Å². The van der Waals surface area contributed by atoms with E-state index in [1.807, 2.05) is 18.2 Å². The van der Waals surface area contributed by atoms with Crippen molar-refractivity contribution < 1.29 is 9.47 Å². The zero-order valence-electron chi connectivity index (χ0n) is 11.7. The summed E-state index contributed by atoms with van der Waals surface area (Å²) in [6.45, 7) is 2.60. The minimum Gasteiger partial charge on any atom is -0.495 e. The van der Waals surface area contributed by atoms with Crippen molar-refractivity contribution >= 4 is 0 Å². The predicted octanol–water partition coefficient (Wildman–Crippen LogP) is 2.47. The predicted molar refractivity (Wildman–Crippen MR) is 75.1 cm³/mol. The molecule has 0 radical (unpaired) electrons. The number of ether oxygens (including phenoxy) is 2. The third kappa shape index (κ3) is 5.73. The van der Waals surface area contributed by atoms with Gasteiger partial charge in [-0.2, -0.15) is 5.26 Å². The summed E-state index contributed by atoms with van der Waals surface area (Å²) in [6.07, 6.45) is 3.43. The van der Waals surface area contributed by atoms with Gasteiger partial charge in [-0.15, -0.1) is 0 Å². The van der Waals surface area contributed by atoms with E-state index in [-0.39, 0.29) is 0 Å². The first-order valence-corrected chi connectivity index (χ1v) is 6.58. The van der Waals surface area contributed by atoms with Crippen LogP contribution in [0.2, 0.25) is 0 Å². The van der Waals surface area contributed by atoms with E-state index in [2.05, 4.69) is 11.4 Å². The lowest BCUT2D eigenvalue weighted by Crippen LogP contribution is -2.14. The fourth-order valence-electron chi connectivity index (χ4n) is 1.86. The number of benzene rings is 1. The Morgan fingerprint density at radius 3 is 2.74 bits per heavy atom. The first kappa shape index (κ1) is 15.5. The fourth-order valence-corrected chi connectivity index (χ4v) is 1.86. The van der Waals surface area contributed by atoms with Crippen molar-refractivity contribution in [3.63, 3.8) is 0 Å². The van der Waals surface area contributed by atoms with Crippen LogP contribution < -0.4 is 10.1 Å². The van der Waals surface area contributed by atoms with Crippen LogP contribution in [0.15, 0.2) is 18.2 Å². The number of nitrogens with zero attached hydrogens (tertiary/aromatic N) is 1. The molecule has 4 nitrogen and oxygen atoms in total. The molecule has 104 valence electrons. The summed E-state index contributed by atoms with van der Waals surface area (Å²) in [6, 6.07) is 7.84. The van der Waals surface area contributed by atoms with Gasteiger partial charge in [0.05, 0.1) is 12.7 Å². The van der Waals surface area contributed by atoms with E-state index in [0.29, 0.717) is 11.3 Å². The van der Waals surface area contributed by atoms with E-state index in [0.717, 1.165) is 38.1 Å². The Morgan fingerprint density at radius 2 is 2.05 bits per heavy atom. The minimum absolute atomic E-state index is 0.585. The van der Waals surface area contributed by atoms with Crippen LogP contribution in [0, 0.1) is 11.3 Å². The lowest BCUT2D eigenvalue weighted by molar-refractivity contribution is 0.192. The van der Waals surface area contributed by atoms with E-state index in [9.17, 15) is 0 Å². The molecule has 0 aliphatic carbocycles. The highest BCUT2D eigenvalue weighted by atomic mass is 16.5. The van der Waals surface area contributed by atoms with Crippen LogP contribution in [-0.4, -0.2) is 27.4 Å². The van der Waals surface area contributed by atoms with Gasteiger partial charge in [-0.05, 0) is 43.5 Å². The number of methoxy groups -OCH3 is 2. The SMILES string of the molecule is COCCCCCNCc1ccc(OC)c(C#N)c1. The molecular formula is C15H22N2O2. The number of hydrogen-bond donors (Lipinski definition) is 1. The van der Waals surface area contributed by atoms with Crippen LogP contribution in [0.5, 0.6) is 5.75 Å². The van der Waals surface area contributed by atoms with E-state index in [4.69, 9.17) is 14.7 Å². The van der Waals surface area contributed by atoms with Crippen molar-refractivity contribution in [2.75, 3.05) is 27.4 Å². The Kier molecular flexibility index (Phi) is 7.64.